The van der Waals surface area contributed by atoms with Crippen molar-refractivity contribution in [2.45, 2.75) is 38.6 Å². The highest BCUT2D eigenvalue weighted by molar-refractivity contribution is 5.79. The quantitative estimate of drug-likeness (QED) is 0.653. The average molecular weight is 256 g/mol. The Morgan fingerprint density at radius 2 is 2.16 bits per heavy atom. The second-order valence-electron chi connectivity index (χ2n) is 5.52. The lowest BCUT2D eigenvalue weighted by atomic mass is 9.98. The molecule has 0 saturated carbocycles. The van der Waals surface area contributed by atoms with Crippen LogP contribution in [0, 0.1) is 0 Å². The van der Waals surface area contributed by atoms with Gasteiger partial charge in [-0.25, -0.2) is 0 Å². The predicted octanol–water partition coefficient (Wildman–Crippen LogP) is 2.65. The van der Waals surface area contributed by atoms with Crippen molar-refractivity contribution in [2.75, 3.05) is 12.3 Å². The third-order valence-electron chi connectivity index (χ3n) is 4.11. The molecule has 2 N–H and O–H groups in total. The molecule has 2 aliphatic rings. The number of benzene rings is 1. The van der Waals surface area contributed by atoms with Gasteiger partial charge in [-0.05, 0) is 48.9 Å². The molecular formula is C16H20N2O. The summed E-state index contributed by atoms with van der Waals surface area (Å²) in [7, 11) is 0. The van der Waals surface area contributed by atoms with E-state index < -0.39 is 0 Å². The first-order valence-corrected chi connectivity index (χ1v) is 7.05. The van der Waals surface area contributed by atoms with Crippen LogP contribution in [0.1, 0.15) is 36.8 Å². The Bertz CT molecular complexity index is 534. The molecule has 0 saturated heterocycles. The minimum Gasteiger partial charge on any atom is -0.399 e. The van der Waals surface area contributed by atoms with Crippen LogP contribution in [-0.4, -0.2) is 17.4 Å². The van der Waals surface area contributed by atoms with Gasteiger partial charge in [0.15, 0.2) is 0 Å². The number of nitrogen functional groups attached to an aromatic ring is 1. The molecule has 0 spiro atoms. The highest BCUT2D eigenvalue weighted by atomic mass is 16.2. The van der Waals surface area contributed by atoms with E-state index in [1.54, 1.807) is 0 Å². The summed E-state index contributed by atoms with van der Waals surface area (Å²) in [4.78, 5) is 14.3. The summed E-state index contributed by atoms with van der Waals surface area (Å²) < 4.78 is 0. The maximum Gasteiger partial charge on any atom is 0.226 e. The Labute approximate surface area is 114 Å². The van der Waals surface area contributed by atoms with Gasteiger partial charge in [0.1, 0.15) is 0 Å². The van der Waals surface area contributed by atoms with Crippen molar-refractivity contribution in [2.24, 2.45) is 0 Å². The number of nitrogens with two attached hydrogens (primary N) is 1. The van der Waals surface area contributed by atoms with Crippen molar-refractivity contribution in [3.8, 4) is 0 Å². The van der Waals surface area contributed by atoms with Crippen LogP contribution < -0.4 is 5.73 Å². The lowest BCUT2D eigenvalue weighted by Gasteiger charge is -2.29. The SMILES string of the molecule is Nc1ccc2c(c1)CCN(C(=O)CC1=CCCC1)C2. The van der Waals surface area contributed by atoms with E-state index in [2.05, 4.69) is 12.1 Å². The monoisotopic (exact) mass is 256 g/mol. The minimum absolute atomic E-state index is 0.274. The van der Waals surface area contributed by atoms with Crippen LogP contribution >= 0.6 is 0 Å². The van der Waals surface area contributed by atoms with E-state index >= 15 is 0 Å². The third kappa shape index (κ3) is 2.65. The van der Waals surface area contributed by atoms with Crippen molar-refractivity contribution in [1.29, 1.82) is 0 Å². The highest BCUT2D eigenvalue weighted by Gasteiger charge is 2.21. The standard InChI is InChI=1S/C16H20N2O/c17-15-6-5-14-11-18(8-7-13(14)10-15)16(19)9-12-3-1-2-4-12/h3,5-6,10H,1-2,4,7-9,11,17H2. The average Bonchev–Trinajstić information content (AvgIpc) is 2.91. The van der Waals surface area contributed by atoms with Crippen LogP contribution in [0.4, 0.5) is 5.69 Å². The van der Waals surface area contributed by atoms with E-state index in [1.807, 2.05) is 17.0 Å². The van der Waals surface area contributed by atoms with Crippen LogP contribution in [0.5, 0.6) is 0 Å². The van der Waals surface area contributed by atoms with Gasteiger partial charge < -0.3 is 10.6 Å². The summed E-state index contributed by atoms with van der Waals surface area (Å²) in [6, 6.07) is 6.02. The first-order valence-electron chi connectivity index (χ1n) is 7.05. The molecule has 0 fully saturated rings. The number of anilines is 1. The number of hydrogen-bond donors (Lipinski definition) is 1. The van der Waals surface area contributed by atoms with Gasteiger partial charge in [0.25, 0.3) is 0 Å². The number of hydrogen-bond acceptors (Lipinski definition) is 2. The van der Waals surface area contributed by atoms with Gasteiger partial charge in [-0.2, -0.15) is 0 Å². The number of allylic oxidation sites excluding steroid dienone is 1. The van der Waals surface area contributed by atoms with Crippen molar-refractivity contribution in [3.05, 3.63) is 41.0 Å². The van der Waals surface area contributed by atoms with Crippen molar-refractivity contribution in [1.82, 2.24) is 4.90 Å². The second-order valence-corrected chi connectivity index (χ2v) is 5.52. The number of fused-ring (bicyclic) bond motifs is 1. The molecule has 3 heteroatoms. The second kappa shape index (κ2) is 5.08. The molecule has 1 aromatic rings. The number of nitrogens with zero attached hydrogens (tertiary/aromatic N) is 1. The van der Waals surface area contributed by atoms with Crippen LogP contribution in [0.15, 0.2) is 29.8 Å². The lowest BCUT2D eigenvalue weighted by molar-refractivity contribution is -0.131. The van der Waals surface area contributed by atoms with Crippen LogP contribution in [0.25, 0.3) is 0 Å². The zero-order valence-electron chi connectivity index (χ0n) is 11.2. The van der Waals surface area contributed by atoms with Gasteiger partial charge in [-0.3, -0.25) is 4.79 Å². The third-order valence-corrected chi connectivity index (χ3v) is 4.11. The van der Waals surface area contributed by atoms with Gasteiger partial charge in [-0.15, -0.1) is 0 Å². The highest BCUT2D eigenvalue weighted by Crippen LogP contribution is 2.25. The van der Waals surface area contributed by atoms with E-state index in [-0.39, 0.29) is 5.91 Å². The first-order chi connectivity index (χ1) is 9.22. The fraction of sp³-hybridized carbons (Fsp3) is 0.438. The van der Waals surface area contributed by atoms with E-state index in [1.165, 1.54) is 23.1 Å². The van der Waals surface area contributed by atoms with E-state index in [0.717, 1.165) is 38.0 Å². The Morgan fingerprint density at radius 1 is 1.26 bits per heavy atom. The largest absolute Gasteiger partial charge is 0.399 e. The molecule has 3 nitrogen and oxygen atoms in total. The van der Waals surface area contributed by atoms with Crippen molar-refractivity contribution < 1.29 is 4.79 Å². The zero-order chi connectivity index (χ0) is 13.2. The van der Waals surface area contributed by atoms with Crippen LogP contribution in [0.2, 0.25) is 0 Å². The molecule has 0 bridgehead atoms. The number of rotatable bonds is 2. The summed E-state index contributed by atoms with van der Waals surface area (Å²) in [5, 5.41) is 0. The molecule has 0 unspecified atom stereocenters. The molecule has 0 atom stereocenters. The van der Waals surface area contributed by atoms with Gasteiger partial charge in [0.2, 0.25) is 5.91 Å². The van der Waals surface area contributed by atoms with Gasteiger partial charge in [-0.1, -0.05) is 17.7 Å². The molecule has 1 aliphatic carbocycles. The zero-order valence-corrected chi connectivity index (χ0v) is 11.2. The van der Waals surface area contributed by atoms with Crippen LogP contribution in [0.3, 0.4) is 0 Å². The fourth-order valence-electron chi connectivity index (χ4n) is 2.99. The summed E-state index contributed by atoms with van der Waals surface area (Å²) in [6.45, 7) is 1.56. The van der Waals surface area contributed by atoms with Gasteiger partial charge in [0.05, 0.1) is 0 Å². The maximum absolute atomic E-state index is 12.3. The molecule has 100 valence electrons. The fourth-order valence-corrected chi connectivity index (χ4v) is 2.99. The maximum atomic E-state index is 12.3. The Morgan fingerprint density at radius 3 is 2.95 bits per heavy atom. The molecule has 0 aromatic heterocycles. The summed E-state index contributed by atoms with van der Waals surface area (Å²) >= 11 is 0. The summed E-state index contributed by atoms with van der Waals surface area (Å²) in [6.07, 6.45) is 7.23. The number of carbonyl (C=O) groups is 1. The molecule has 3 rings (SSSR count). The normalized spacial score (nSPS) is 18.1. The van der Waals surface area contributed by atoms with Crippen molar-refractivity contribution >= 4 is 11.6 Å². The molecule has 19 heavy (non-hydrogen) atoms. The van der Waals surface area contributed by atoms with Gasteiger partial charge >= 0.3 is 0 Å². The summed E-state index contributed by atoms with van der Waals surface area (Å²) in [5.41, 5.74) is 10.5. The Balaban J connectivity index is 1.67. The summed E-state index contributed by atoms with van der Waals surface area (Å²) in [5.74, 6) is 0.274. The number of amides is 1. The molecular weight excluding hydrogens is 236 g/mol. The van der Waals surface area contributed by atoms with E-state index in [0.29, 0.717) is 6.42 Å². The van der Waals surface area contributed by atoms with Crippen LogP contribution in [-0.2, 0) is 17.8 Å². The van der Waals surface area contributed by atoms with E-state index in [9.17, 15) is 4.79 Å². The molecule has 1 amide bonds. The molecule has 1 aromatic carbocycles. The molecule has 1 aliphatic heterocycles. The van der Waals surface area contributed by atoms with Crippen molar-refractivity contribution in [3.63, 3.8) is 0 Å². The van der Waals surface area contributed by atoms with E-state index in [4.69, 9.17) is 5.73 Å². The molecule has 0 radical (unpaired) electrons. The Hall–Kier alpha value is -1.77. The topological polar surface area (TPSA) is 46.3 Å². The first kappa shape index (κ1) is 12.3. The smallest absolute Gasteiger partial charge is 0.226 e. The minimum atomic E-state index is 0.274. The number of carbonyl (C=O) groups excluding carboxylic acids is 1. The molecule has 1 heterocycles. The Kier molecular flexibility index (Phi) is 3.28. The van der Waals surface area contributed by atoms with Gasteiger partial charge in [0, 0.05) is 25.2 Å². The predicted molar refractivity (Wildman–Crippen MR) is 76.5 cm³/mol. The lowest BCUT2D eigenvalue weighted by Crippen LogP contribution is -2.36.